The summed E-state index contributed by atoms with van der Waals surface area (Å²) >= 11 is 0. The van der Waals surface area contributed by atoms with Crippen LogP contribution in [0.15, 0.2) is 36.4 Å². The van der Waals surface area contributed by atoms with Crippen LogP contribution >= 0.6 is 0 Å². The molecule has 2 heterocycles. The average molecular weight is 450 g/mol. The number of hydrogen-bond acceptors (Lipinski definition) is 4. The Morgan fingerprint density at radius 2 is 1.61 bits per heavy atom. The summed E-state index contributed by atoms with van der Waals surface area (Å²) in [7, 11) is 0. The summed E-state index contributed by atoms with van der Waals surface area (Å²) in [6.07, 6.45) is 1.27. The van der Waals surface area contributed by atoms with Crippen LogP contribution in [0.3, 0.4) is 0 Å². The van der Waals surface area contributed by atoms with Gasteiger partial charge in [0.15, 0.2) is 0 Å². The van der Waals surface area contributed by atoms with Crippen LogP contribution in [0.2, 0.25) is 0 Å². The topological polar surface area (TPSA) is 53.1 Å². The van der Waals surface area contributed by atoms with Crippen molar-refractivity contribution in [2.24, 2.45) is 0 Å². The molecule has 33 heavy (non-hydrogen) atoms. The minimum Gasteiger partial charge on any atom is -0.491 e. The highest BCUT2D eigenvalue weighted by molar-refractivity contribution is 5.76. The number of piperazine rings is 1. The van der Waals surface area contributed by atoms with E-state index in [1.807, 2.05) is 15.9 Å². The molecule has 176 valence electrons. The van der Waals surface area contributed by atoms with Crippen molar-refractivity contribution in [2.75, 3.05) is 39.3 Å². The van der Waals surface area contributed by atoms with Crippen LogP contribution in [0.5, 0.6) is 5.75 Å². The maximum absolute atomic E-state index is 13.0. The van der Waals surface area contributed by atoms with Crippen molar-refractivity contribution in [2.45, 2.75) is 46.7 Å². The molecule has 2 aromatic rings. The number of ether oxygens (including phenoxy) is 1. The van der Waals surface area contributed by atoms with Gasteiger partial charge in [0, 0.05) is 58.2 Å². The van der Waals surface area contributed by atoms with E-state index in [1.165, 1.54) is 22.3 Å². The Hall–Kier alpha value is -2.86. The Morgan fingerprint density at radius 1 is 0.879 bits per heavy atom. The number of benzene rings is 2. The first-order chi connectivity index (χ1) is 15.9. The number of fused-ring (bicyclic) bond motifs is 1. The van der Waals surface area contributed by atoms with Gasteiger partial charge in [0.1, 0.15) is 12.4 Å². The molecule has 6 heteroatoms. The van der Waals surface area contributed by atoms with Gasteiger partial charge in [0.25, 0.3) is 0 Å². The van der Waals surface area contributed by atoms with Crippen LogP contribution in [0, 0.1) is 13.8 Å². The summed E-state index contributed by atoms with van der Waals surface area (Å²) in [5.41, 5.74) is 6.00. The molecule has 0 N–H and O–H groups in total. The first kappa shape index (κ1) is 23.3. The van der Waals surface area contributed by atoms with Gasteiger partial charge in [0.05, 0.1) is 6.54 Å². The second-order valence-electron chi connectivity index (χ2n) is 9.38. The first-order valence-electron chi connectivity index (χ1n) is 11.9. The summed E-state index contributed by atoms with van der Waals surface area (Å²) in [4.78, 5) is 30.8. The zero-order valence-electron chi connectivity index (χ0n) is 20.1. The van der Waals surface area contributed by atoms with E-state index in [0.717, 1.165) is 50.5 Å². The molecule has 2 aromatic carbocycles. The number of carbonyl (C=O) groups excluding carboxylic acids is 2. The molecule has 4 rings (SSSR count). The number of rotatable bonds is 5. The Labute approximate surface area is 197 Å². The first-order valence-corrected chi connectivity index (χ1v) is 11.9. The minimum absolute atomic E-state index is 0.152. The molecular formula is C27H35N3O3. The highest BCUT2D eigenvalue weighted by atomic mass is 16.5. The van der Waals surface area contributed by atoms with Crippen LogP contribution in [0.1, 0.15) is 41.2 Å². The van der Waals surface area contributed by atoms with E-state index in [4.69, 9.17) is 4.74 Å². The number of amides is 2. The lowest BCUT2D eigenvalue weighted by molar-refractivity contribution is -0.132. The molecule has 0 atom stereocenters. The lowest BCUT2D eigenvalue weighted by Crippen LogP contribution is -2.47. The fraction of sp³-hybridized carbons (Fsp3) is 0.481. The third kappa shape index (κ3) is 6.14. The van der Waals surface area contributed by atoms with Gasteiger partial charge in [-0.25, -0.2) is 0 Å². The van der Waals surface area contributed by atoms with E-state index < -0.39 is 0 Å². The quantitative estimate of drug-likeness (QED) is 0.703. The zero-order chi connectivity index (χ0) is 23.4. The fourth-order valence-corrected chi connectivity index (χ4v) is 4.86. The number of carbonyl (C=O) groups is 2. The van der Waals surface area contributed by atoms with E-state index in [2.05, 4.69) is 49.1 Å². The summed E-state index contributed by atoms with van der Waals surface area (Å²) < 4.78 is 5.96. The number of aryl methyl sites for hydroxylation is 3. The molecule has 0 spiro atoms. The Kier molecular flexibility index (Phi) is 7.33. The molecule has 0 unspecified atom stereocenters. The molecule has 6 nitrogen and oxygen atoms in total. The van der Waals surface area contributed by atoms with Gasteiger partial charge in [-0.1, -0.05) is 35.4 Å². The van der Waals surface area contributed by atoms with E-state index in [1.54, 1.807) is 6.92 Å². The highest BCUT2D eigenvalue weighted by Crippen LogP contribution is 2.26. The summed E-state index contributed by atoms with van der Waals surface area (Å²) in [5, 5.41) is 0. The van der Waals surface area contributed by atoms with Crippen LogP contribution in [0.25, 0.3) is 0 Å². The normalized spacial score (nSPS) is 16.7. The fourth-order valence-electron chi connectivity index (χ4n) is 4.86. The van der Waals surface area contributed by atoms with Gasteiger partial charge in [-0.3, -0.25) is 14.5 Å². The van der Waals surface area contributed by atoms with Crippen molar-refractivity contribution in [3.63, 3.8) is 0 Å². The smallest absolute Gasteiger partial charge is 0.223 e. The van der Waals surface area contributed by atoms with Gasteiger partial charge in [-0.2, -0.15) is 0 Å². The van der Waals surface area contributed by atoms with Gasteiger partial charge in [0.2, 0.25) is 11.8 Å². The number of hydrogen-bond donors (Lipinski definition) is 0. The maximum Gasteiger partial charge on any atom is 0.223 e. The monoisotopic (exact) mass is 449 g/mol. The summed E-state index contributed by atoms with van der Waals surface area (Å²) in [6, 6.07) is 12.8. The van der Waals surface area contributed by atoms with Gasteiger partial charge < -0.3 is 14.5 Å². The standard InChI is InChI=1S/C27H35N3O3/c1-20-14-21(2)16-23(15-20)5-7-27(32)30-12-13-33-26-6-4-24(17-25(26)19-30)18-28-8-10-29(11-9-28)22(3)31/h4,6,14-17H,5,7-13,18-19H2,1-3H3. The second-order valence-corrected chi connectivity index (χ2v) is 9.38. The molecule has 1 fully saturated rings. The molecule has 2 amide bonds. The van der Waals surface area contributed by atoms with E-state index in [9.17, 15) is 9.59 Å². The van der Waals surface area contributed by atoms with Crippen molar-refractivity contribution in [1.82, 2.24) is 14.7 Å². The average Bonchev–Trinajstić information content (AvgIpc) is 2.99. The van der Waals surface area contributed by atoms with E-state index in [0.29, 0.717) is 26.1 Å². The van der Waals surface area contributed by atoms with Crippen molar-refractivity contribution in [3.8, 4) is 5.75 Å². The van der Waals surface area contributed by atoms with Crippen molar-refractivity contribution in [3.05, 3.63) is 64.2 Å². The summed E-state index contributed by atoms with van der Waals surface area (Å²) in [5.74, 6) is 1.21. The minimum atomic E-state index is 0.152. The molecule has 0 aromatic heterocycles. The lowest BCUT2D eigenvalue weighted by Gasteiger charge is -2.34. The molecule has 0 aliphatic carbocycles. The maximum atomic E-state index is 13.0. The second kappa shape index (κ2) is 10.4. The van der Waals surface area contributed by atoms with Crippen molar-refractivity contribution in [1.29, 1.82) is 0 Å². The largest absolute Gasteiger partial charge is 0.491 e. The van der Waals surface area contributed by atoms with Crippen LogP contribution in [-0.4, -0.2) is 65.8 Å². The van der Waals surface area contributed by atoms with Crippen LogP contribution in [0.4, 0.5) is 0 Å². The SMILES string of the molecule is CC(=O)N1CCN(Cc2ccc3c(c2)CN(C(=O)CCc2cc(C)cc(C)c2)CCO3)CC1. The van der Waals surface area contributed by atoms with Crippen LogP contribution < -0.4 is 4.74 Å². The molecular weight excluding hydrogens is 414 g/mol. The molecule has 0 radical (unpaired) electrons. The molecule has 2 aliphatic heterocycles. The molecule has 0 bridgehead atoms. The lowest BCUT2D eigenvalue weighted by atomic mass is 10.0. The van der Waals surface area contributed by atoms with Gasteiger partial charge in [-0.05, 0) is 43.5 Å². The van der Waals surface area contributed by atoms with E-state index in [-0.39, 0.29) is 11.8 Å². The highest BCUT2D eigenvalue weighted by Gasteiger charge is 2.22. The van der Waals surface area contributed by atoms with Crippen molar-refractivity contribution >= 4 is 11.8 Å². The predicted molar refractivity (Wildman–Crippen MR) is 129 cm³/mol. The van der Waals surface area contributed by atoms with E-state index >= 15 is 0 Å². The summed E-state index contributed by atoms with van der Waals surface area (Å²) in [6.45, 7) is 11.7. The number of nitrogens with zero attached hydrogens (tertiary/aromatic N) is 3. The van der Waals surface area contributed by atoms with Gasteiger partial charge in [-0.15, -0.1) is 0 Å². The third-order valence-corrected chi connectivity index (χ3v) is 6.59. The van der Waals surface area contributed by atoms with Gasteiger partial charge >= 0.3 is 0 Å². The van der Waals surface area contributed by atoms with Crippen molar-refractivity contribution < 1.29 is 14.3 Å². The zero-order valence-corrected chi connectivity index (χ0v) is 20.1. The molecule has 1 saturated heterocycles. The Bertz CT molecular complexity index is 991. The Morgan fingerprint density at radius 3 is 2.30 bits per heavy atom. The van der Waals surface area contributed by atoms with Crippen LogP contribution in [-0.2, 0) is 29.1 Å². The predicted octanol–water partition coefficient (Wildman–Crippen LogP) is 3.32. The molecule has 0 saturated carbocycles. The third-order valence-electron chi connectivity index (χ3n) is 6.59. The Balaban J connectivity index is 1.37. The molecule has 2 aliphatic rings.